The molecule has 1 aliphatic carbocycles. The van der Waals surface area contributed by atoms with Crippen molar-refractivity contribution in [2.24, 2.45) is 13.0 Å². The van der Waals surface area contributed by atoms with Gasteiger partial charge in [-0.2, -0.15) is 10.2 Å². The van der Waals surface area contributed by atoms with Crippen LogP contribution in [0.5, 0.6) is 0 Å². The van der Waals surface area contributed by atoms with Gasteiger partial charge in [-0.25, -0.2) is 9.48 Å². The third kappa shape index (κ3) is 3.94. The molecular formula is C19H29N7O. The Hall–Kier alpha value is -2.51. The maximum Gasteiger partial charge on any atom is 0.320 e. The standard InChI is InChI=1S/C19H29N7O/c1-13-11-18(24(3)23-13)25-10-4-5-16(12-25)21-19(27)22-17-8-9-20-26(17)14(2)15-6-7-15/h8-9,11,14-16H,4-7,10,12H2,1-3H3,(H2,21,22,27). The van der Waals surface area contributed by atoms with Gasteiger partial charge in [0.2, 0.25) is 0 Å². The summed E-state index contributed by atoms with van der Waals surface area (Å²) in [5, 5.41) is 14.9. The molecule has 3 heterocycles. The summed E-state index contributed by atoms with van der Waals surface area (Å²) in [6, 6.07) is 4.25. The molecule has 2 aromatic heterocycles. The molecule has 27 heavy (non-hydrogen) atoms. The van der Waals surface area contributed by atoms with E-state index in [1.165, 1.54) is 12.8 Å². The lowest BCUT2D eigenvalue weighted by atomic mass is 10.1. The van der Waals surface area contributed by atoms with Crippen LogP contribution in [0.4, 0.5) is 16.4 Å². The molecule has 2 aliphatic rings. The molecule has 8 nitrogen and oxygen atoms in total. The fraction of sp³-hybridized carbons (Fsp3) is 0.632. The van der Waals surface area contributed by atoms with Crippen LogP contribution in [0.2, 0.25) is 0 Å². The molecule has 0 radical (unpaired) electrons. The molecule has 2 unspecified atom stereocenters. The van der Waals surface area contributed by atoms with E-state index in [1.807, 2.05) is 29.4 Å². The van der Waals surface area contributed by atoms with Gasteiger partial charge in [-0.15, -0.1) is 0 Å². The van der Waals surface area contributed by atoms with E-state index in [4.69, 9.17) is 0 Å². The zero-order valence-corrected chi connectivity index (χ0v) is 16.4. The number of nitrogens with zero attached hydrogens (tertiary/aromatic N) is 5. The van der Waals surface area contributed by atoms with E-state index >= 15 is 0 Å². The maximum absolute atomic E-state index is 12.6. The van der Waals surface area contributed by atoms with Crippen molar-refractivity contribution in [1.82, 2.24) is 24.9 Å². The summed E-state index contributed by atoms with van der Waals surface area (Å²) >= 11 is 0. The van der Waals surface area contributed by atoms with E-state index in [-0.39, 0.29) is 12.1 Å². The number of carbonyl (C=O) groups excluding carboxylic acids is 1. The van der Waals surface area contributed by atoms with Crippen LogP contribution >= 0.6 is 0 Å². The number of amides is 2. The first-order chi connectivity index (χ1) is 13.0. The molecule has 2 atom stereocenters. The number of rotatable bonds is 5. The van der Waals surface area contributed by atoms with Crippen LogP contribution in [0.25, 0.3) is 0 Å². The smallest absolute Gasteiger partial charge is 0.320 e. The van der Waals surface area contributed by atoms with Crippen LogP contribution in [-0.2, 0) is 7.05 Å². The molecule has 2 N–H and O–H groups in total. The first kappa shape index (κ1) is 17.9. The van der Waals surface area contributed by atoms with Crippen molar-refractivity contribution in [1.29, 1.82) is 0 Å². The second-order valence-electron chi connectivity index (χ2n) is 7.89. The van der Waals surface area contributed by atoms with Gasteiger partial charge in [0.15, 0.2) is 0 Å². The molecule has 2 amide bonds. The summed E-state index contributed by atoms with van der Waals surface area (Å²) < 4.78 is 3.85. The predicted molar refractivity (Wildman–Crippen MR) is 105 cm³/mol. The summed E-state index contributed by atoms with van der Waals surface area (Å²) in [5.74, 6) is 2.56. The lowest BCUT2D eigenvalue weighted by Crippen LogP contribution is -2.49. The second-order valence-corrected chi connectivity index (χ2v) is 7.89. The third-order valence-electron chi connectivity index (χ3n) is 5.66. The van der Waals surface area contributed by atoms with Crippen molar-refractivity contribution < 1.29 is 4.79 Å². The van der Waals surface area contributed by atoms with Crippen LogP contribution in [-0.4, -0.2) is 44.7 Å². The Bertz CT molecular complexity index is 807. The van der Waals surface area contributed by atoms with Crippen LogP contribution < -0.4 is 15.5 Å². The number of aryl methyl sites for hydroxylation is 2. The molecule has 2 aromatic rings. The fourth-order valence-electron chi connectivity index (χ4n) is 4.05. The number of piperidine rings is 1. The van der Waals surface area contributed by atoms with Gasteiger partial charge in [0, 0.05) is 38.3 Å². The summed E-state index contributed by atoms with van der Waals surface area (Å²) in [6.45, 7) is 5.96. The van der Waals surface area contributed by atoms with Crippen LogP contribution in [0.1, 0.15) is 44.3 Å². The summed E-state index contributed by atoms with van der Waals surface area (Å²) in [4.78, 5) is 14.9. The van der Waals surface area contributed by atoms with Gasteiger partial charge in [-0.3, -0.25) is 10.00 Å². The Morgan fingerprint density at radius 2 is 2.15 bits per heavy atom. The number of hydrogen-bond donors (Lipinski definition) is 2. The number of nitrogens with one attached hydrogen (secondary N) is 2. The van der Waals surface area contributed by atoms with Gasteiger partial charge in [-0.05, 0) is 45.4 Å². The lowest BCUT2D eigenvalue weighted by molar-refractivity contribution is 0.246. The number of urea groups is 1. The van der Waals surface area contributed by atoms with E-state index in [0.717, 1.165) is 43.3 Å². The fourth-order valence-corrected chi connectivity index (χ4v) is 4.05. The van der Waals surface area contributed by atoms with Crippen molar-refractivity contribution in [3.05, 3.63) is 24.0 Å². The number of anilines is 2. The topological polar surface area (TPSA) is 80.0 Å². The highest BCUT2D eigenvalue weighted by Crippen LogP contribution is 2.40. The van der Waals surface area contributed by atoms with E-state index in [2.05, 4.69) is 38.7 Å². The summed E-state index contributed by atoms with van der Waals surface area (Å²) in [6.07, 6.45) is 6.28. The van der Waals surface area contributed by atoms with Crippen molar-refractivity contribution in [2.75, 3.05) is 23.3 Å². The van der Waals surface area contributed by atoms with E-state index in [1.54, 1.807) is 6.20 Å². The highest BCUT2D eigenvalue weighted by Gasteiger charge is 2.31. The van der Waals surface area contributed by atoms with Gasteiger partial charge < -0.3 is 10.2 Å². The van der Waals surface area contributed by atoms with Gasteiger partial charge in [-0.1, -0.05) is 0 Å². The average Bonchev–Trinajstić information content (AvgIpc) is 3.29. The number of hydrogen-bond acceptors (Lipinski definition) is 4. The van der Waals surface area contributed by atoms with E-state index in [0.29, 0.717) is 12.0 Å². The molecule has 0 spiro atoms. The van der Waals surface area contributed by atoms with E-state index < -0.39 is 0 Å². The van der Waals surface area contributed by atoms with Crippen LogP contribution in [0, 0.1) is 12.8 Å². The molecule has 4 rings (SSSR count). The normalized spacial score (nSPS) is 21.1. The first-order valence-electron chi connectivity index (χ1n) is 9.88. The molecule has 8 heteroatoms. The molecule has 146 valence electrons. The van der Waals surface area contributed by atoms with E-state index in [9.17, 15) is 4.79 Å². The van der Waals surface area contributed by atoms with Crippen molar-refractivity contribution in [3.63, 3.8) is 0 Å². The Labute approximate surface area is 159 Å². The molecule has 1 aliphatic heterocycles. The monoisotopic (exact) mass is 371 g/mol. The second kappa shape index (κ2) is 7.25. The lowest BCUT2D eigenvalue weighted by Gasteiger charge is -2.34. The van der Waals surface area contributed by atoms with Crippen molar-refractivity contribution in [3.8, 4) is 0 Å². The quantitative estimate of drug-likeness (QED) is 0.847. The number of carbonyl (C=O) groups is 1. The Morgan fingerprint density at radius 3 is 2.85 bits per heavy atom. The third-order valence-corrected chi connectivity index (χ3v) is 5.66. The van der Waals surface area contributed by atoms with Crippen LogP contribution in [0.15, 0.2) is 18.3 Å². The first-order valence-corrected chi connectivity index (χ1v) is 9.88. The van der Waals surface area contributed by atoms with Crippen LogP contribution in [0.3, 0.4) is 0 Å². The van der Waals surface area contributed by atoms with Gasteiger partial charge >= 0.3 is 6.03 Å². The molecule has 0 bridgehead atoms. The SMILES string of the molecule is Cc1cc(N2CCCC(NC(=O)Nc3ccnn3C(C)C3CC3)C2)n(C)n1. The summed E-state index contributed by atoms with van der Waals surface area (Å²) in [7, 11) is 1.97. The predicted octanol–water partition coefficient (Wildman–Crippen LogP) is 2.69. The average molecular weight is 371 g/mol. The summed E-state index contributed by atoms with van der Waals surface area (Å²) in [5.41, 5.74) is 1.01. The molecule has 1 saturated carbocycles. The largest absolute Gasteiger partial charge is 0.355 e. The Kier molecular flexibility index (Phi) is 4.80. The maximum atomic E-state index is 12.6. The molecule has 2 fully saturated rings. The minimum absolute atomic E-state index is 0.117. The van der Waals surface area contributed by atoms with Gasteiger partial charge in [0.25, 0.3) is 0 Å². The highest BCUT2D eigenvalue weighted by atomic mass is 16.2. The zero-order chi connectivity index (χ0) is 19.0. The minimum Gasteiger partial charge on any atom is -0.355 e. The van der Waals surface area contributed by atoms with Crippen molar-refractivity contribution >= 4 is 17.7 Å². The number of aromatic nitrogens is 4. The van der Waals surface area contributed by atoms with Crippen molar-refractivity contribution in [2.45, 2.75) is 51.6 Å². The Morgan fingerprint density at radius 1 is 1.33 bits per heavy atom. The van der Waals surface area contributed by atoms with Gasteiger partial charge in [0.05, 0.1) is 17.9 Å². The van der Waals surface area contributed by atoms with Gasteiger partial charge in [0.1, 0.15) is 11.6 Å². The molecule has 1 saturated heterocycles. The zero-order valence-electron chi connectivity index (χ0n) is 16.4. The highest BCUT2D eigenvalue weighted by molar-refractivity contribution is 5.88. The molecule has 0 aromatic carbocycles. The molecular weight excluding hydrogens is 342 g/mol. The minimum atomic E-state index is -0.159. The Balaban J connectivity index is 1.35.